The lowest BCUT2D eigenvalue weighted by atomic mass is 10.1. The molecule has 0 aromatic heterocycles. The molecule has 0 saturated heterocycles. The van der Waals surface area contributed by atoms with E-state index in [1.165, 1.54) is 109 Å². The molecule has 0 radical (unpaired) electrons. The molecule has 0 aliphatic rings. The molecule has 0 aliphatic carbocycles. The molecule has 0 bridgehead atoms. The van der Waals surface area contributed by atoms with Crippen LogP contribution in [0.2, 0.25) is 0 Å². The highest BCUT2D eigenvalue weighted by atomic mass is 16.6. The first-order valence-electron chi connectivity index (χ1n) is 34.3. The third-order valence-corrected chi connectivity index (χ3v) is 14.3. The Morgan fingerprint density at radius 2 is 0.470 bits per heavy atom. The highest BCUT2D eigenvalue weighted by Gasteiger charge is 2.19. The Morgan fingerprint density at radius 1 is 0.253 bits per heavy atom. The van der Waals surface area contributed by atoms with E-state index in [0.717, 1.165) is 154 Å². The lowest BCUT2D eigenvalue weighted by Gasteiger charge is -2.18. The van der Waals surface area contributed by atoms with Crippen molar-refractivity contribution in [1.29, 1.82) is 0 Å². The van der Waals surface area contributed by atoms with Crippen molar-refractivity contribution in [3.63, 3.8) is 0 Å². The van der Waals surface area contributed by atoms with Gasteiger partial charge in [0.1, 0.15) is 13.2 Å². The zero-order valence-electron chi connectivity index (χ0n) is 53.9. The van der Waals surface area contributed by atoms with Crippen LogP contribution in [0, 0.1) is 0 Å². The van der Waals surface area contributed by atoms with Crippen molar-refractivity contribution in [3.05, 3.63) is 146 Å². The van der Waals surface area contributed by atoms with E-state index in [2.05, 4.69) is 167 Å². The zero-order chi connectivity index (χ0) is 59.9. The number of carbonyl (C=O) groups is 3. The number of carbonyl (C=O) groups excluding carboxylic acids is 3. The van der Waals surface area contributed by atoms with Crippen molar-refractivity contribution in [2.75, 3.05) is 13.2 Å². The molecule has 0 aromatic rings. The molecule has 0 aromatic carbocycles. The van der Waals surface area contributed by atoms with Gasteiger partial charge < -0.3 is 14.2 Å². The van der Waals surface area contributed by atoms with E-state index in [4.69, 9.17) is 14.2 Å². The van der Waals surface area contributed by atoms with Crippen LogP contribution in [0.5, 0.6) is 0 Å². The smallest absolute Gasteiger partial charge is 0.306 e. The molecule has 0 heterocycles. The Labute approximate surface area is 512 Å². The van der Waals surface area contributed by atoms with Crippen molar-refractivity contribution >= 4 is 17.9 Å². The van der Waals surface area contributed by atoms with E-state index in [1.54, 1.807) is 0 Å². The van der Waals surface area contributed by atoms with Crippen LogP contribution < -0.4 is 0 Å². The molecule has 1 atom stereocenters. The Morgan fingerprint density at radius 3 is 0.759 bits per heavy atom. The highest BCUT2D eigenvalue weighted by Crippen LogP contribution is 2.15. The van der Waals surface area contributed by atoms with Crippen molar-refractivity contribution in [2.24, 2.45) is 0 Å². The Balaban J connectivity index is 4.41. The number of allylic oxidation sites excluding steroid dienone is 24. The third-order valence-electron chi connectivity index (χ3n) is 14.3. The van der Waals surface area contributed by atoms with Crippen LogP contribution >= 0.6 is 0 Å². The molecule has 0 rings (SSSR count). The SMILES string of the molecule is CC/C=C\C/C=C\C/C=C\C/C=C\C/C=C\C/C=C\C/C=C\C/C=C\CCCCCCC(=O)OCC(COC(=O)CCCCCCC/C=C\CCCCCC)OC(=O)CCCCCCCCCC/C=C\C/C=C\C/C=C\CCCCCCC. The largest absolute Gasteiger partial charge is 0.462 e. The standard InChI is InChI=1S/C77H126O6/c1-4-7-10-13-16-19-22-25-27-29-31-33-35-36-37-38-39-40-42-43-45-47-49-52-55-58-61-64-67-70-76(79)82-73-74(72-81-75(78)69-66-63-60-57-54-51-24-21-18-15-12-9-6-3)83-77(80)71-68-65-62-59-56-53-50-48-46-44-41-34-32-30-28-26-23-20-17-14-11-8-5-2/h7,10,16,19,21,23-27,30-33,36-37,39-41,43-45,49,52,74H,4-6,8-9,11-15,17-18,20,22,28-29,34-35,38,42,46-48,50-51,53-73H2,1-3H3/b10-7-,19-16-,24-21-,26-23-,27-25-,32-30-,33-31-,37-36-,40-39-,44-41-,45-43-,52-49-. The summed E-state index contributed by atoms with van der Waals surface area (Å²) in [5.74, 6) is -0.936. The summed E-state index contributed by atoms with van der Waals surface area (Å²) in [4.78, 5) is 38.4. The van der Waals surface area contributed by atoms with Crippen LogP contribution in [0.4, 0.5) is 0 Å². The summed E-state index contributed by atoms with van der Waals surface area (Å²) in [6.07, 6.45) is 100.0. The predicted molar refractivity (Wildman–Crippen MR) is 362 cm³/mol. The number of hydrogen-bond acceptors (Lipinski definition) is 6. The minimum Gasteiger partial charge on any atom is -0.462 e. The van der Waals surface area contributed by atoms with Gasteiger partial charge in [0.2, 0.25) is 0 Å². The van der Waals surface area contributed by atoms with Crippen LogP contribution in [0.25, 0.3) is 0 Å². The lowest BCUT2D eigenvalue weighted by Crippen LogP contribution is -2.30. The first-order chi connectivity index (χ1) is 41.0. The van der Waals surface area contributed by atoms with Gasteiger partial charge in [0.05, 0.1) is 0 Å². The van der Waals surface area contributed by atoms with Gasteiger partial charge in [0.25, 0.3) is 0 Å². The molecular weight excluding hydrogens is 1020 g/mol. The second-order valence-corrected chi connectivity index (χ2v) is 22.3. The number of hydrogen-bond donors (Lipinski definition) is 0. The number of esters is 3. The van der Waals surface area contributed by atoms with Crippen LogP contribution in [0.3, 0.4) is 0 Å². The maximum Gasteiger partial charge on any atom is 0.306 e. The second-order valence-electron chi connectivity index (χ2n) is 22.3. The minimum atomic E-state index is -0.804. The first kappa shape index (κ1) is 78.3. The molecule has 0 amide bonds. The van der Waals surface area contributed by atoms with Gasteiger partial charge in [-0.3, -0.25) is 14.4 Å². The Bertz CT molecular complexity index is 1800. The highest BCUT2D eigenvalue weighted by molar-refractivity contribution is 5.71. The van der Waals surface area contributed by atoms with E-state index in [0.29, 0.717) is 19.3 Å². The molecule has 0 saturated carbocycles. The average Bonchev–Trinajstić information content (AvgIpc) is 3.49. The van der Waals surface area contributed by atoms with Crippen molar-refractivity contribution < 1.29 is 28.6 Å². The summed E-state index contributed by atoms with van der Waals surface area (Å²) in [6.45, 7) is 6.48. The van der Waals surface area contributed by atoms with Gasteiger partial charge in [0.15, 0.2) is 6.10 Å². The summed E-state index contributed by atoms with van der Waals surface area (Å²) in [5, 5.41) is 0. The van der Waals surface area contributed by atoms with Gasteiger partial charge in [0, 0.05) is 19.3 Å². The van der Waals surface area contributed by atoms with Crippen LogP contribution in [-0.4, -0.2) is 37.2 Å². The van der Waals surface area contributed by atoms with E-state index < -0.39 is 6.10 Å². The van der Waals surface area contributed by atoms with E-state index in [-0.39, 0.29) is 31.1 Å². The molecule has 0 spiro atoms. The summed E-state index contributed by atoms with van der Waals surface area (Å²) >= 11 is 0. The monoisotopic (exact) mass is 1150 g/mol. The fourth-order valence-corrected chi connectivity index (χ4v) is 9.17. The maximum atomic E-state index is 12.9. The van der Waals surface area contributed by atoms with Gasteiger partial charge in [-0.05, 0) is 148 Å². The first-order valence-corrected chi connectivity index (χ1v) is 34.3. The fourth-order valence-electron chi connectivity index (χ4n) is 9.17. The molecule has 1 unspecified atom stereocenters. The normalized spacial score (nSPS) is 13.0. The Hall–Kier alpha value is -4.71. The average molecular weight is 1150 g/mol. The van der Waals surface area contributed by atoms with Crippen LogP contribution in [-0.2, 0) is 28.6 Å². The van der Waals surface area contributed by atoms with Gasteiger partial charge in [-0.1, -0.05) is 282 Å². The summed E-state index contributed by atoms with van der Waals surface area (Å²) in [6, 6.07) is 0. The number of rotatable bonds is 61. The molecule has 0 aliphatic heterocycles. The van der Waals surface area contributed by atoms with E-state index >= 15 is 0 Å². The molecule has 83 heavy (non-hydrogen) atoms. The van der Waals surface area contributed by atoms with Gasteiger partial charge in [-0.15, -0.1) is 0 Å². The third kappa shape index (κ3) is 68.0. The van der Waals surface area contributed by atoms with Gasteiger partial charge >= 0.3 is 17.9 Å². The number of unbranched alkanes of at least 4 members (excludes halogenated alkanes) is 26. The van der Waals surface area contributed by atoms with Crippen molar-refractivity contribution in [2.45, 2.75) is 309 Å². The summed E-state index contributed by atoms with van der Waals surface area (Å²) < 4.78 is 16.9. The maximum absolute atomic E-state index is 12.9. The number of ether oxygens (including phenoxy) is 3. The Kier molecular flexibility index (Phi) is 65.8. The van der Waals surface area contributed by atoms with Gasteiger partial charge in [-0.25, -0.2) is 0 Å². The van der Waals surface area contributed by atoms with Crippen molar-refractivity contribution in [1.82, 2.24) is 0 Å². The predicted octanol–water partition coefficient (Wildman–Crippen LogP) is 23.9. The molecule has 6 heteroatoms. The van der Waals surface area contributed by atoms with Gasteiger partial charge in [-0.2, -0.15) is 0 Å². The van der Waals surface area contributed by atoms with Crippen molar-refractivity contribution in [3.8, 4) is 0 Å². The molecule has 470 valence electrons. The summed E-state index contributed by atoms with van der Waals surface area (Å²) in [5.41, 5.74) is 0. The zero-order valence-corrected chi connectivity index (χ0v) is 53.9. The summed E-state index contributed by atoms with van der Waals surface area (Å²) in [7, 11) is 0. The van der Waals surface area contributed by atoms with E-state index in [9.17, 15) is 14.4 Å². The second kappa shape index (κ2) is 69.8. The molecule has 0 N–H and O–H groups in total. The van der Waals surface area contributed by atoms with Crippen LogP contribution in [0.1, 0.15) is 303 Å². The van der Waals surface area contributed by atoms with E-state index in [1.807, 2.05) is 0 Å². The molecular formula is C77H126O6. The quantitative estimate of drug-likeness (QED) is 0.0261. The fraction of sp³-hybridized carbons (Fsp3) is 0.649. The van der Waals surface area contributed by atoms with Crippen LogP contribution in [0.15, 0.2) is 146 Å². The molecule has 6 nitrogen and oxygen atoms in total. The topological polar surface area (TPSA) is 78.9 Å². The lowest BCUT2D eigenvalue weighted by molar-refractivity contribution is -0.167. The minimum absolute atomic E-state index is 0.0977. The molecule has 0 fully saturated rings.